The first-order chi connectivity index (χ1) is 10.2. The van der Waals surface area contributed by atoms with Gasteiger partial charge in [-0.1, -0.05) is 50.3 Å². The third-order valence-electron chi connectivity index (χ3n) is 3.78. The Bertz CT molecular complexity index is 818. The van der Waals surface area contributed by atoms with Gasteiger partial charge in [0.05, 0.1) is 5.39 Å². The number of hydrogen-bond acceptors (Lipinski definition) is 0. The fraction of sp³-hybridized carbons (Fsp3) is 0.211. The average molecular weight is 273 g/mol. The van der Waals surface area contributed by atoms with Crippen molar-refractivity contribution in [3.8, 4) is 0 Å². The van der Waals surface area contributed by atoms with Crippen LogP contribution in [0.1, 0.15) is 19.4 Å². The smallest absolute Gasteiger partial charge is 0.284 e. The Morgan fingerprint density at radius 3 is 2.62 bits per heavy atom. The van der Waals surface area contributed by atoms with Crippen LogP contribution in [0, 0.1) is 5.92 Å². The van der Waals surface area contributed by atoms with E-state index in [2.05, 4.69) is 93.4 Å². The number of hydrogen-bond donors (Lipinski definition) is 0. The van der Waals surface area contributed by atoms with Crippen LogP contribution in [0.25, 0.3) is 27.8 Å². The molecule has 0 aliphatic carbocycles. The van der Waals surface area contributed by atoms with Crippen LogP contribution in [0.4, 0.5) is 0 Å². The molecule has 1 aromatic heterocycles. The van der Waals surface area contributed by atoms with Gasteiger partial charge in [0.25, 0.3) is 0 Å². The van der Waals surface area contributed by atoms with Gasteiger partial charge in [-0.25, -0.2) is 0 Å². The van der Waals surface area contributed by atoms with Crippen molar-refractivity contribution < 1.29 is 4.48 Å². The van der Waals surface area contributed by atoms with Crippen molar-refractivity contribution in [1.82, 2.24) is 0 Å². The van der Waals surface area contributed by atoms with Gasteiger partial charge in [-0.15, -0.1) is 0 Å². The van der Waals surface area contributed by atoms with Gasteiger partial charge in [0.2, 0.25) is 0 Å². The van der Waals surface area contributed by atoms with Gasteiger partial charge in [-0.3, -0.25) is 4.48 Å². The van der Waals surface area contributed by atoms with E-state index >= 15 is 0 Å². The molecule has 2 aromatic carbocycles. The molecule has 2 heteroatoms. The molecule has 21 heavy (non-hydrogen) atoms. The maximum atomic E-state index is 2.26. The first kappa shape index (κ1) is 13.9. The van der Waals surface area contributed by atoms with E-state index in [9.17, 15) is 0 Å². The lowest BCUT2D eigenvalue weighted by molar-refractivity contribution is -0.496. The van der Waals surface area contributed by atoms with E-state index in [1.54, 1.807) is 0 Å². The van der Waals surface area contributed by atoms with Gasteiger partial charge >= 0.3 is 7.41 Å². The Kier molecular flexibility index (Phi) is 3.79. The highest BCUT2D eigenvalue weighted by atomic mass is 14.8. The molecule has 0 aliphatic rings. The number of rotatable bonds is 3. The van der Waals surface area contributed by atoms with Crippen LogP contribution in [-0.4, -0.2) is 7.41 Å². The molecule has 1 heterocycles. The summed E-state index contributed by atoms with van der Waals surface area (Å²) in [6.07, 6.45) is 6.66. The molecular formula is C19H20BN+. The molecule has 0 aliphatic heterocycles. The molecule has 3 aromatic rings. The topological polar surface area (TPSA) is 3.88 Å². The second kappa shape index (κ2) is 5.73. The normalized spacial score (nSPS) is 11.8. The second-order valence-corrected chi connectivity index (χ2v) is 5.76. The highest BCUT2D eigenvalue weighted by Gasteiger charge is 2.12. The van der Waals surface area contributed by atoms with Crippen molar-refractivity contribution >= 4 is 35.2 Å². The highest BCUT2D eigenvalue weighted by Crippen LogP contribution is 2.24. The number of pyridine rings is 1. The van der Waals surface area contributed by atoms with Crippen molar-refractivity contribution in [2.75, 3.05) is 0 Å². The van der Waals surface area contributed by atoms with E-state index in [-0.39, 0.29) is 0 Å². The Morgan fingerprint density at radius 1 is 1.05 bits per heavy atom. The van der Waals surface area contributed by atoms with E-state index in [0.717, 1.165) is 0 Å². The summed E-state index contributed by atoms with van der Waals surface area (Å²) in [5, 5.41) is 3.88. The lowest BCUT2D eigenvalue weighted by Gasteiger charge is -2.05. The maximum Gasteiger partial charge on any atom is 0.536 e. The summed E-state index contributed by atoms with van der Waals surface area (Å²) in [6, 6.07) is 15.3. The standard InChI is InChI=1S/C19H20BN/c1-14(2)8-9-15-10-11-17-16(12-15)13-21(20-3)19-7-5-4-6-18(17)19/h4-14H,1-3H3/q+1/b9-8+. The second-order valence-electron chi connectivity index (χ2n) is 5.76. The molecule has 3 rings (SSSR count). The number of benzene rings is 2. The lowest BCUT2D eigenvalue weighted by Crippen LogP contribution is -2.38. The van der Waals surface area contributed by atoms with Gasteiger partial charge < -0.3 is 0 Å². The van der Waals surface area contributed by atoms with E-state index < -0.39 is 0 Å². The average Bonchev–Trinajstić information content (AvgIpc) is 2.51. The minimum Gasteiger partial charge on any atom is -0.284 e. The molecular weight excluding hydrogens is 253 g/mol. The molecule has 0 atom stereocenters. The number of allylic oxidation sites excluding steroid dienone is 1. The summed E-state index contributed by atoms with van der Waals surface area (Å²) in [7, 11) is 2.11. The summed E-state index contributed by atoms with van der Waals surface area (Å²) in [5.74, 6) is 0.575. The Balaban J connectivity index is 2.24. The summed E-state index contributed by atoms with van der Waals surface area (Å²) in [6.45, 7) is 6.47. The van der Waals surface area contributed by atoms with E-state index in [1.807, 2.05) is 0 Å². The van der Waals surface area contributed by atoms with Crippen molar-refractivity contribution in [2.45, 2.75) is 20.7 Å². The molecule has 1 nitrogen and oxygen atoms in total. The first-order valence-corrected chi connectivity index (χ1v) is 7.53. The first-order valence-electron chi connectivity index (χ1n) is 7.53. The third-order valence-corrected chi connectivity index (χ3v) is 3.78. The minimum atomic E-state index is 0.575. The molecule has 1 radical (unpaired) electrons. The van der Waals surface area contributed by atoms with Crippen LogP contribution in [-0.2, 0) is 0 Å². The van der Waals surface area contributed by atoms with Crippen LogP contribution in [0.2, 0.25) is 6.82 Å². The quantitative estimate of drug-likeness (QED) is 0.490. The fourth-order valence-electron chi connectivity index (χ4n) is 2.70. The van der Waals surface area contributed by atoms with Crippen molar-refractivity contribution in [1.29, 1.82) is 0 Å². The molecule has 0 amide bonds. The van der Waals surface area contributed by atoms with Crippen LogP contribution in [0.15, 0.2) is 54.7 Å². The number of fused-ring (bicyclic) bond motifs is 3. The molecule has 0 unspecified atom stereocenters. The largest absolute Gasteiger partial charge is 0.536 e. The van der Waals surface area contributed by atoms with E-state index in [4.69, 9.17) is 0 Å². The third kappa shape index (κ3) is 2.71. The molecule has 0 spiro atoms. The summed E-state index contributed by atoms with van der Waals surface area (Å²) < 4.78 is 2.20. The minimum absolute atomic E-state index is 0.575. The molecule has 103 valence electrons. The summed E-state index contributed by atoms with van der Waals surface area (Å²) in [5.41, 5.74) is 2.51. The van der Waals surface area contributed by atoms with Crippen molar-refractivity contribution in [3.05, 3.63) is 60.3 Å². The number of aromatic nitrogens is 1. The molecule has 0 fully saturated rings. The van der Waals surface area contributed by atoms with Gasteiger partial charge in [-0.2, -0.15) is 0 Å². The zero-order valence-corrected chi connectivity index (χ0v) is 12.9. The highest BCUT2D eigenvalue weighted by molar-refractivity contribution is 6.23. The van der Waals surface area contributed by atoms with Crippen LogP contribution in [0.3, 0.4) is 0 Å². The van der Waals surface area contributed by atoms with Gasteiger partial charge in [0, 0.05) is 16.8 Å². The number of para-hydroxylation sites is 1. The van der Waals surface area contributed by atoms with Crippen molar-refractivity contribution in [3.63, 3.8) is 0 Å². The zero-order valence-electron chi connectivity index (χ0n) is 12.9. The summed E-state index contributed by atoms with van der Waals surface area (Å²) >= 11 is 0. The Labute approximate surface area is 127 Å². The predicted molar refractivity (Wildman–Crippen MR) is 92.5 cm³/mol. The SMILES string of the molecule is C[B][n+]1cc2cc(/C=C/C(C)C)ccc2c2ccccc21. The fourth-order valence-corrected chi connectivity index (χ4v) is 2.70. The maximum absolute atomic E-state index is 2.26. The molecule has 0 bridgehead atoms. The molecule has 0 saturated carbocycles. The van der Waals surface area contributed by atoms with Crippen molar-refractivity contribution in [2.24, 2.45) is 5.92 Å². The monoisotopic (exact) mass is 273 g/mol. The van der Waals surface area contributed by atoms with Gasteiger partial charge in [0.15, 0.2) is 11.7 Å². The predicted octanol–water partition coefficient (Wildman–Crippen LogP) is 4.47. The molecule has 0 N–H and O–H groups in total. The van der Waals surface area contributed by atoms with Crippen LogP contribution < -0.4 is 4.48 Å². The lowest BCUT2D eigenvalue weighted by atomic mass is 9.95. The Morgan fingerprint density at radius 2 is 1.86 bits per heavy atom. The zero-order chi connectivity index (χ0) is 14.8. The van der Waals surface area contributed by atoms with E-state index in [0.29, 0.717) is 5.92 Å². The van der Waals surface area contributed by atoms with Gasteiger partial charge in [-0.05, 0) is 30.4 Å². The number of nitrogens with zero attached hydrogens (tertiary/aromatic N) is 1. The van der Waals surface area contributed by atoms with Crippen LogP contribution in [0.5, 0.6) is 0 Å². The Hall–Kier alpha value is -2.09. The van der Waals surface area contributed by atoms with E-state index in [1.165, 1.54) is 27.2 Å². The molecule has 0 saturated heterocycles. The van der Waals surface area contributed by atoms with Crippen LogP contribution >= 0.6 is 0 Å². The van der Waals surface area contributed by atoms with Gasteiger partial charge in [0.1, 0.15) is 0 Å². The summed E-state index contributed by atoms with van der Waals surface area (Å²) in [4.78, 5) is 0.